The molecule has 2 aromatic rings. The molecule has 0 amide bonds. The highest BCUT2D eigenvalue weighted by molar-refractivity contribution is 8.14. The minimum Gasteiger partial charge on any atom is -0.281 e. The van der Waals surface area contributed by atoms with Crippen LogP contribution in [0.25, 0.3) is 0 Å². The zero-order valence-corrected chi connectivity index (χ0v) is 10.4. The second kappa shape index (κ2) is 5.62. The zero-order chi connectivity index (χ0) is 14.9. The molecule has 0 saturated carbocycles. The highest BCUT2D eigenvalue weighted by Crippen LogP contribution is 2.32. The molecule has 0 aromatic heterocycles. The molecule has 0 bridgehead atoms. The molecule has 0 radical (unpaired) electrons. The van der Waals surface area contributed by atoms with Gasteiger partial charge in [-0.3, -0.25) is 4.79 Å². The lowest BCUT2D eigenvalue weighted by molar-refractivity contribution is 0.108. The standard InChI is InChI=1S/C13H5F5OS/c14-7-8(15)10(17)12(11(18)9(7)16)20-13(19)6-4-2-1-3-5-6/h1-5H. The monoisotopic (exact) mass is 304 g/mol. The fourth-order valence-electron chi connectivity index (χ4n) is 1.40. The summed E-state index contributed by atoms with van der Waals surface area (Å²) in [5.74, 6) is -10.4. The molecule has 2 rings (SSSR count). The minimum atomic E-state index is -2.25. The summed E-state index contributed by atoms with van der Waals surface area (Å²) in [7, 11) is 0. The van der Waals surface area contributed by atoms with Crippen LogP contribution in [0.5, 0.6) is 0 Å². The fraction of sp³-hybridized carbons (Fsp3) is 0. The molecular formula is C13H5F5OS. The van der Waals surface area contributed by atoms with Crippen molar-refractivity contribution in [2.24, 2.45) is 0 Å². The van der Waals surface area contributed by atoms with Gasteiger partial charge in [0.15, 0.2) is 23.3 Å². The smallest absolute Gasteiger partial charge is 0.224 e. The van der Waals surface area contributed by atoms with E-state index in [4.69, 9.17) is 0 Å². The van der Waals surface area contributed by atoms with Crippen molar-refractivity contribution in [3.63, 3.8) is 0 Å². The lowest BCUT2D eigenvalue weighted by Crippen LogP contribution is -2.05. The van der Waals surface area contributed by atoms with Crippen LogP contribution in [-0.4, -0.2) is 5.12 Å². The van der Waals surface area contributed by atoms with Crippen LogP contribution in [0, 0.1) is 29.1 Å². The third kappa shape index (κ3) is 2.53. The molecule has 0 heterocycles. The third-order valence-corrected chi connectivity index (χ3v) is 3.36. The average Bonchev–Trinajstić information content (AvgIpc) is 2.48. The van der Waals surface area contributed by atoms with Gasteiger partial charge in [-0.05, 0) is 11.8 Å². The molecule has 20 heavy (non-hydrogen) atoms. The van der Waals surface area contributed by atoms with Gasteiger partial charge in [0.25, 0.3) is 0 Å². The van der Waals surface area contributed by atoms with Crippen LogP contribution < -0.4 is 0 Å². The van der Waals surface area contributed by atoms with Crippen LogP contribution in [0.2, 0.25) is 0 Å². The molecule has 0 aliphatic heterocycles. The molecule has 0 aliphatic carbocycles. The predicted octanol–water partition coefficient (Wildman–Crippen LogP) is 4.31. The first-order chi connectivity index (χ1) is 9.43. The molecule has 0 unspecified atom stereocenters. The first-order valence-electron chi connectivity index (χ1n) is 5.22. The second-order valence-electron chi connectivity index (χ2n) is 3.65. The van der Waals surface area contributed by atoms with Crippen molar-refractivity contribution in [2.75, 3.05) is 0 Å². The number of hydrogen-bond acceptors (Lipinski definition) is 2. The Kier molecular flexibility index (Phi) is 4.08. The van der Waals surface area contributed by atoms with Crippen molar-refractivity contribution < 1.29 is 26.7 Å². The van der Waals surface area contributed by atoms with Gasteiger partial charge < -0.3 is 0 Å². The van der Waals surface area contributed by atoms with E-state index in [1.165, 1.54) is 24.3 Å². The van der Waals surface area contributed by atoms with Crippen LogP contribution in [0.3, 0.4) is 0 Å². The van der Waals surface area contributed by atoms with Crippen molar-refractivity contribution in [3.8, 4) is 0 Å². The van der Waals surface area contributed by atoms with Crippen molar-refractivity contribution in [2.45, 2.75) is 4.90 Å². The van der Waals surface area contributed by atoms with E-state index in [2.05, 4.69) is 0 Å². The van der Waals surface area contributed by atoms with Crippen LogP contribution in [-0.2, 0) is 0 Å². The van der Waals surface area contributed by atoms with Crippen molar-refractivity contribution >= 4 is 16.9 Å². The van der Waals surface area contributed by atoms with Gasteiger partial charge >= 0.3 is 0 Å². The Morgan fingerprint density at radius 3 is 1.70 bits per heavy atom. The molecule has 0 fully saturated rings. The van der Waals surface area contributed by atoms with Gasteiger partial charge in [-0.25, -0.2) is 22.0 Å². The maximum atomic E-state index is 13.4. The largest absolute Gasteiger partial charge is 0.281 e. The van der Waals surface area contributed by atoms with E-state index in [-0.39, 0.29) is 17.3 Å². The Morgan fingerprint density at radius 2 is 1.20 bits per heavy atom. The third-order valence-electron chi connectivity index (χ3n) is 2.37. The molecule has 0 saturated heterocycles. The van der Waals surface area contributed by atoms with E-state index in [9.17, 15) is 26.7 Å². The quantitative estimate of drug-likeness (QED) is 0.356. The van der Waals surface area contributed by atoms with E-state index in [0.717, 1.165) is 0 Å². The topological polar surface area (TPSA) is 17.1 Å². The van der Waals surface area contributed by atoms with Gasteiger partial charge in [0.05, 0.1) is 4.90 Å². The summed E-state index contributed by atoms with van der Waals surface area (Å²) in [6.45, 7) is 0. The average molecular weight is 304 g/mol. The molecule has 0 atom stereocenters. The minimum absolute atomic E-state index is 0.0486. The normalized spacial score (nSPS) is 10.7. The van der Waals surface area contributed by atoms with Crippen LogP contribution in [0.15, 0.2) is 35.2 Å². The number of thioether (sulfide) groups is 1. The number of hydrogen-bond donors (Lipinski definition) is 0. The molecule has 0 N–H and O–H groups in total. The summed E-state index contributed by atoms with van der Waals surface area (Å²) in [4.78, 5) is 10.5. The Bertz CT molecular complexity index is 643. The molecule has 0 spiro atoms. The summed E-state index contributed by atoms with van der Waals surface area (Å²) in [6.07, 6.45) is 0. The maximum absolute atomic E-state index is 13.4. The van der Waals surface area contributed by atoms with Gasteiger partial charge in [0.1, 0.15) is 0 Å². The van der Waals surface area contributed by atoms with Gasteiger partial charge in [0, 0.05) is 5.56 Å². The van der Waals surface area contributed by atoms with E-state index in [1.54, 1.807) is 6.07 Å². The number of benzene rings is 2. The van der Waals surface area contributed by atoms with Gasteiger partial charge in [-0.1, -0.05) is 30.3 Å². The first kappa shape index (κ1) is 14.5. The van der Waals surface area contributed by atoms with Crippen molar-refractivity contribution in [1.82, 2.24) is 0 Å². The van der Waals surface area contributed by atoms with Crippen LogP contribution in [0.1, 0.15) is 10.4 Å². The predicted molar refractivity (Wildman–Crippen MR) is 62.9 cm³/mol. The summed E-state index contributed by atoms with van der Waals surface area (Å²) < 4.78 is 65.5. The highest BCUT2D eigenvalue weighted by Gasteiger charge is 2.27. The van der Waals surface area contributed by atoms with Crippen molar-refractivity contribution in [1.29, 1.82) is 0 Å². The van der Waals surface area contributed by atoms with Crippen molar-refractivity contribution in [3.05, 3.63) is 65.0 Å². The molecule has 104 valence electrons. The molecule has 1 nitrogen and oxygen atoms in total. The molecule has 0 aliphatic rings. The Hall–Kier alpha value is -1.89. The molecular weight excluding hydrogens is 299 g/mol. The summed E-state index contributed by atoms with van der Waals surface area (Å²) >= 11 is -0.0486. The Labute approximate surface area is 114 Å². The summed E-state index contributed by atoms with van der Waals surface area (Å²) in [5, 5.41) is -0.825. The van der Waals surface area contributed by atoms with E-state index < -0.39 is 39.1 Å². The van der Waals surface area contributed by atoms with Gasteiger partial charge in [0.2, 0.25) is 10.9 Å². The number of carbonyl (C=O) groups excluding carboxylic acids is 1. The van der Waals surface area contributed by atoms with Gasteiger partial charge in [-0.15, -0.1) is 0 Å². The number of carbonyl (C=O) groups is 1. The lowest BCUT2D eigenvalue weighted by atomic mass is 10.2. The first-order valence-corrected chi connectivity index (χ1v) is 6.03. The zero-order valence-electron chi connectivity index (χ0n) is 9.59. The lowest BCUT2D eigenvalue weighted by Gasteiger charge is -2.07. The summed E-state index contributed by atoms with van der Waals surface area (Å²) in [6, 6.07) is 7.35. The Morgan fingerprint density at radius 1 is 0.750 bits per heavy atom. The van der Waals surface area contributed by atoms with Crippen LogP contribution in [0.4, 0.5) is 22.0 Å². The number of rotatable bonds is 2. The maximum Gasteiger partial charge on any atom is 0.224 e. The van der Waals surface area contributed by atoms with Gasteiger partial charge in [-0.2, -0.15) is 0 Å². The SMILES string of the molecule is O=C(Sc1c(F)c(F)c(F)c(F)c1F)c1ccccc1. The van der Waals surface area contributed by atoms with E-state index in [1.807, 2.05) is 0 Å². The van der Waals surface area contributed by atoms with E-state index in [0.29, 0.717) is 0 Å². The fourth-order valence-corrected chi connectivity index (χ4v) is 2.20. The van der Waals surface area contributed by atoms with E-state index >= 15 is 0 Å². The highest BCUT2D eigenvalue weighted by atomic mass is 32.2. The Balaban J connectivity index is 2.43. The molecule has 2 aromatic carbocycles. The second-order valence-corrected chi connectivity index (χ2v) is 4.64. The molecule has 7 heteroatoms. The van der Waals surface area contributed by atoms with Crippen LogP contribution >= 0.6 is 11.8 Å². The number of halogens is 5. The summed E-state index contributed by atoms with van der Waals surface area (Å²) in [5.41, 5.74) is 0.0847.